The van der Waals surface area contributed by atoms with Crippen LogP contribution in [-0.2, 0) is 18.4 Å². The van der Waals surface area contributed by atoms with E-state index in [4.69, 9.17) is 0 Å². The van der Waals surface area contributed by atoms with Crippen molar-refractivity contribution in [2.24, 2.45) is 4.99 Å². The standard InChI is InChI=1S/C25H30N10O/c1-4-5-9-21-15-33(23-30-27-17-35(23)18(2)3)24(36)34(21)16-25(10-12-26-13-11-25)20-8-6-7-19(14-20)22-28-31-32-29-22/h6-8,10,12-15,17-18H,4-5,9,11,16H2,1-3H3,(H,28,29,31,32). The van der Waals surface area contributed by atoms with Gasteiger partial charge in [0.15, 0.2) is 5.82 Å². The van der Waals surface area contributed by atoms with Gasteiger partial charge in [-0.2, -0.15) is 0 Å². The lowest BCUT2D eigenvalue weighted by molar-refractivity contribution is 0.437. The summed E-state index contributed by atoms with van der Waals surface area (Å²) in [6.07, 6.45) is 12.9. The average molecular weight is 487 g/mol. The predicted octanol–water partition coefficient (Wildman–Crippen LogP) is 3.26. The maximum atomic E-state index is 13.9. The lowest BCUT2D eigenvalue weighted by Crippen LogP contribution is -2.37. The molecule has 11 heteroatoms. The van der Waals surface area contributed by atoms with Gasteiger partial charge in [0.05, 0.1) is 0 Å². The van der Waals surface area contributed by atoms with E-state index in [1.54, 1.807) is 10.9 Å². The number of unbranched alkanes of at least 4 members (excludes halogenated alkanes) is 1. The summed E-state index contributed by atoms with van der Waals surface area (Å²) < 4.78 is 5.43. The second-order valence-electron chi connectivity index (χ2n) is 9.43. The van der Waals surface area contributed by atoms with Crippen LogP contribution in [0.15, 0.2) is 58.9 Å². The Morgan fingerprint density at radius 1 is 1.22 bits per heavy atom. The fraction of sp³-hybridized carbons (Fsp3) is 0.400. The number of rotatable bonds is 9. The van der Waals surface area contributed by atoms with Crippen molar-refractivity contribution in [1.29, 1.82) is 0 Å². The molecule has 0 saturated carbocycles. The molecule has 4 heterocycles. The smallest absolute Gasteiger partial charge is 0.297 e. The molecule has 1 unspecified atom stereocenters. The number of aliphatic imine (C=N–C) groups is 1. The summed E-state index contributed by atoms with van der Waals surface area (Å²) in [5, 5.41) is 22.6. The minimum Gasteiger partial charge on any atom is -0.297 e. The fourth-order valence-electron chi connectivity index (χ4n) is 4.66. The number of imidazole rings is 1. The maximum Gasteiger partial charge on any atom is 0.335 e. The van der Waals surface area contributed by atoms with Crippen LogP contribution >= 0.6 is 0 Å². The third-order valence-electron chi connectivity index (χ3n) is 6.71. The van der Waals surface area contributed by atoms with Gasteiger partial charge in [0, 0.05) is 47.9 Å². The number of tetrazole rings is 1. The molecule has 0 saturated heterocycles. The topological polar surface area (TPSA) is 124 Å². The van der Waals surface area contributed by atoms with Gasteiger partial charge in [-0.1, -0.05) is 37.6 Å². The molecule has 11 nitrogen and oxygen atoms in total. The molecule has 1 N–H and O–H groups in total. The first-order chi connectivity index (χ1) is 17.5. The first kappa shape index (κ1) is 23.6. The SMILES string of the molecule is CCCCc1cn(-c2nncn2C(C)C)c(=O)n1CC1(c2cccc(-c3nnn[nH]3)c2)C=CN=CC1. The number of nitrogens with zero attached hydrogens (tertiary/aromatic N) is 9. The Hall–Kier alpha value is -4.15. The maximum absolute atomic E-state index is 13.9. The van der Waals surface area contributed by atoms with E-state index in [0.29, 0.717) is 24.7 Å². The highest BCUT2D eigenvalue weighted by Crippen LogP contribution is 2.35. The highest BCUT2D eigenvalue weighted by atomic mass is 16.2. The van der Waals surface area contributed by atoms with Crippen LogP contribution in [0, 0.1) is 0 Å². The molecule has 1 aliphatic heterocycles. The van der Waals surface area contributed by atoms with Gasteiger partial charge >= 0.3 is 5.69 Å². The minimum atomic E-state index is -0.464. The third kappa shape index (κ3) is 4.32. The number of hydrogen-bond acceptors (Lipinski definition) is 7. The molecule has 0 amide bonds. The van der Waals surface area contributed by atoms with Gasteiger partial charge in [-0.25, -0.2) is 14.5 Å². The van der Waals surface area contributed by atoms with Crippen LogP contribution < -0.4 is 5.69 Å². The largest absolute Gasteiger partial charge is 0.335 e. The second-order valence-corrected chi connectivity index (χ2v) is 9.43. The summed E-state index contributed by atoms with van der Waals surface area (Å²) in [4.78, 5) is 18.2. The molecule has 0 aliphatic carbocycles. The Kier molecular flexibility index (Phi) is 6.45. The number of H-pyrrole nitrogens is 1. The summed E-state index contributed by atoms with van der Waals surface area (Å²) in [7, 11) is 0. The van der Waals surface area contributed by atoms with Crippen molar-refractivity contribution < 1.29 is 0 Å². The lowest BCUT2D eigenvalue weighted by Gasteiger charge is -2.32. The molecule has 0 radical (unpaired) electrons. The lowest BCUT2D eigenvalue weighted by atomic mass is 9.76. The summed E-state index contributed by atoms with van der Waals surface area (Å²) >= 11 is 0. The molecule has 3 aromatic heterocycles. The summed E-state index contributed by atoms with van der Waals surface area (Å²) in [6, 6.07) is 8.25. The summed E-state index contributed by atoms with van der Waals surface area (Å²) in [5.74, 6) is 1.13. The van der Waals surface area contributed by atoms with Gasteiger partial charge in [-0.05, 0) is 55.2 Å². The van der Waals surface area contributed by atoms with Gasteiger partial charge < -0.3 is 0 Å². The molecule has 0 bridgehead atoms. The Balaban J connectivity index is 1.61. The molecular formula is C25H30N10O. The number of aryl methyl sites for hydroxylation is 1. The van der Waals surface area contributed by atoms with Crippen molar-refractivity contribution >= 4 is 6.21 Å². The zero-order valence-electron chi connectivity index (χ0n) is 20.7. The quantitative estimate of drug-likeness (QED) is 0.387. The number of hydrogen-bond donors (Lipinski definition) is 1. The molecule has 5 rings (SSSR count). The van der Waals surface area contributed by atoms with Crippen LogP contribution in [0.5, 0.6) is 0 Å². The number of aromatic amines is 1. The van der Waals surface area contributed by atoms with Crippen LogP contribution in [0.25, 0.3) is 17.3 Å². The Bertz CT molecular complexity index is 1440. The van der Waals surface area contributed by atoms with Crippen molar-refractivity contribution in [3.8, 4) is 17.3 Å². The third-order valence-corrected chi connectivity index (χ3v) is 6.71. The van der Waals surface area contributed by atoms with Crippen LogP contribution in [0.3, 0.4) is 0 Å². The van der Waals surface area contributed by atoms with E-state index >= 15 is 0 Å². The number of aromatic nitrogens is 9. The fourth-order valence-corrected chi connectivity index (χ4v) is 4.66. The van der Waals surface area contributed by atoms with Gasteiger partial charge in [0.25, 0.3) is 0 Å². The zero-order valence-corrected chi connectivity index (χ0v) is 20.7. The number of allylic oxidation sites excluding steroid dienone is 1. The number of nitrogens with one attached hydrogen (secondary N) is 1. The molecule has 186 valence electrons. The predicted molar refractivity (Wildman–Crippen MR) is 136 cm³/mol. The van der Waals surface area contributed by atoms with Crippen LogP contribution in [0.4, 0.5) is 0 Å². The van der Waals surface area contributed by atoms with E-state index in [2.05, 4.69) is 60.9 Å². The minimum absolute atomic E-state index is 0.123. The van der Waals surface area contributed by atoms with Gasteiger partial charge in [0.2, 0.25) is 5.95 Å². The summed E-state index contributed by atoms with van der Waals surface area (Å²) in [6.45, 7) is 6.71. The van der Waals surface area contributed by atoms with E-state index in [1.807, 2.05) is 53.7 Å². The first-order valence-electron chi connectivity index (χ1n) is 12.3. The highest BCUT2D eigenvalue weighted by Gasteiger charge is 2.33. The average Bonchev–Trinajstić information content (AvgIpc) is 3.65. The van der Waals surface area contributed by atoms with Gasteiger partial charge in [-0.3, -0.25) is 14.1 Å². The molecule has 0 spiro atoms. The molecule has 1 aliphatic rings. The Morgan fingerprint density at radius 2 is 2.11 bits per heavy atom. The van der Waals surface area contributed by atoms with Crippen LogP contribution in [0.2, 0.25) is 0 Å². The van der Waals surface area contributed by atoms with Crippen molar-refractivity contribution in [3.05, 3.63) is 70.8 Å². The molecule has 36 heavy (non-hydrogen) atoms. The Labute approximate surface area is 208 Å². The van der Waals surface area contributed by atoms with Crippen LogP contribution in [0.1, 0.15) is 57.3 Å². The monoisotopic (exact) mass is 486 g/mol. The van der Waals surface area contributed by atoms with E-state index in [9.17, 15) is 4.79 Å². The molecule has 0 fully saturated rings. The van der Waals surface area contributed by atoms with Crippen LogP contribution in [-0.4, -0.2) is 50.7 Å². The van der Waals surface area contributed by atoms with Gasteiger partial charge in [0.1, 0.15) is 6.33 Å². The van der Waals surface area contributed by atoms with E-state index in [0.717, 1.165) is 36.1 Å². The molecular weight excluding hydrogens is 456 g/mol. The van der Waals surface area contributed by atoms with Crippen molar-refractivity contribution in [1.82, 2.24) is 44.5 Å². The molecule has 1 atom stereocenters. The molecule has 1 aromatic carbocycles. The van der Waals surface area contributed by atoms with E-state index in [-0.39, 0.29) is 11.7 Å². The Morgan fingerprint density at radius 3 is 2.83 bits per heavy atom. The normalized spacial score (nSPS) is 17.3. The summed E-state index contributed by atoms with van der Waals surface area (Å²) in [5.41, 5.74) is 2.33. The number of benzene rings is 1. The molecule has 4 aromatic rings. The van der Waals surface area contributed by atoms with E-state index < -0.39 is 5.41 Å². The second kappa shape index (κ2) is 9.84. The van der Waals surface area contributed by atoms with Crippen molar-refractivity contribution in [2.45, 2.75) is 64.5 Å². The highest BCUT2D eigenvalue weighted by molar-refractivity contribution is 5.65. The van der Waals surface area contributed by atoms with E-state index in [1.165, 1.54) is 0 Å². The van der Waals surface area contributed by atoms with Crippen molar-refractivity contribution in [3.63, 3.8) is 0 Å². The van der Waals surface area contributed by atoms with Gasteiger partial charge in [-0.15, -0.1) is 15.3 Å². The van der Waals surface area contributed by atoms with Crippen molar-refractivity contribution in [2.75, 3.05) is 0 Å². The first-order valence-corrected chi connectivity index (χ1v) is 12.3. The zero-order chi connectivity index (χ0) is 25.1.